The standard InChI is InChI=1S/C12H19FN4O6S/c13-8-5-14-4-3-9(8)15-11(18)10-2-1-7-6-16(10)12(19)17(7)23-24(20,21)22/h7-10,14H,1-6H2,(H,15,18)(H,20,21,22)/t7-,8-,9+,10+/m1/s1. The second kappa shape index (κ2) is 6.43. The van der Waals surface area contributed by atoms with Gasteiger partial charge >= 0.3 is 16.4 Å². The minimum Gasteiger partial charge on any atom is -0.349 e. The van der Waals surface area contributed by atoms with Crippen molar-refractivity contribution in [2.75, 3.05) is 19.6 Å². The van der Waals surface area contributed by atoms with Crippen LogP contribution in [0.5, 0.6) is 0 Å². The lowest BCUT2D eigenvalue weighted by Gasteiger charge is -2.33. The predicted octanol–water partition coefficient (Wildman–Crippen LogP) is -1.19. The molecule has 3 saturated heterocycles. The average Bonchev–Trinajstić information content (AvgIpc) is 2.73. The Hall–Kier alpha value is -1.50. The van der Waals surface area contributed by atoms with Gasteiger partial charge in [-0.15, -0.1) is 4.28 Å². The molecule has 136 valence electrons. The summed E-state index contributed by atoms with van der Waals surface area (Å²) in [6.07, 6.45) is -0.113. The third-order valence-electron chi connectivity index (χ3n) is 4.54. The number of hydrogen-bond acceptors (Lipinski definition) is 6. The summed E-state index contributed by atoms with van der Waals surface area (Å²) in [5.74, 6) is -0.468. The molecule has 3 amide bonds. The zero-order valence-electron chi connectivity index (χ0n) is 12.7. The van der Waals surface area contributed by atoms with Crippen LogP contribution in [0, 0.1) is 0 Å². The molecule has 0 aromatic heterocycles. The fourth-order valence-electron chi connectivity index (χ4n) is 3.37. The Morgan fingerprint density at radius 3 is 2.79 bits per heavy atom. The highest BCUT2D eigenvalue weighted by atomic mass is 32.3. The smallest absolute Gasteiger partial charge is 0.349 e. The van der Waals surface area contributed by atoms with Crippen molar-refractivity contribution < 1.29 is 31.2 Å². The second-order valence-electron chi connectivity index (χ2n) is 6.13. The molecule has 24 heavy (non-hydrogen) atoms. The van der Waals surface area contributed by atoms with Gasteiger partial charge in [-0.05, 0) is 25.8 Å². The van der Waals surface area contributed by atoms with Crippen LogP contribution >= 0.6 is 0 Å². The number of amides is 3. The van der Waals surface area contributed by atoms with E-state index in [-0.39, 0.29) is 13.1 Å². The summed E-state index contributed by atoms with van der Waals surface area (Å²) in [5, 5.41) is 6.09. The monoisotopic (exact) mass is 366 g/mol. The summed E-state index contributed by atoms with van der Waals surface area (Å²) in [6.45, 7) is 0.866. The third-order valence-corrected chi connectivity index (χ3v) is 4.88. The fraction of sp³-hybridized carbons (Fsp3) is 0.833. The number of hydroxylamine groups is 2. The molecule has 0 saturated carbocycles. The molecule has 4 atom stereocenters. The van der Waals surface area contributed by atoms with Gasteiger partial charge in [0.2, 0.25) is 5.91 Å². The topological polar surface area (TPSA) is 128 Å². The molecular weight excluding hydrogens is 347 g/mol. The first-order valence-electron chi connectivity index (χ1n) is 7.68. The Morgan fingerprint density at radius 1 is 1.38 bits per heavy atom. The molecule has 2 bridgehead atoms. The average molecular weight is 366 g/mol. The lowest BCUT2D eigenvalue weighted by molar-refractivity contribution is -0.127. The second-order valence-corrected chi connectivity index (χ2v) is 7.14. The molecule has 3 aliphatic rings. The van der Waals surface area contributed by atoms with Gasteiger partial charge in [0, 0.05) is 13.1 Å². The van der Waals surface area contributed by atoms with Gasteiger partial charge in [0.1, 0.15) is 12.2 Å². The van der Waals surface area contributed by atoms with E-state index in [9.17, 15) is 22.4 Å². The lowest BCUT2D eigenvalue weighted by atomic mass is 9.98. The zero-order chi connectivity index (χ0) is 17.5. The van der Waals surface area contributed by atoms with Crippen molar-refractivity contribution in [1.82, 2.24) is 20.6 Å². The molecule has 3 fully saturated rings. The molecular formula is C12H19FN4O6S. The fourth-order valence-corrected chi connectivity index (χ4v) is 3.75. The number of nitrogens with zero attached hydrogens (tertiary/aromatic N) is 2. The van der Waals surface area contributed by atoms with Crippen molar-refractivity contribution in [1.29, 1.82) is 0 Å². The Labute approximate surface area is 138 Å². The number of alkyl halides is 1. The number of nitrogens with one attached hydrogen (secondary N) is 2. The van der Waals surface area contributed by atoms with E-state index in [1.807, 2.05) is 0 Å². The summed E-state index contributed by atoms with van der Waals surface area (Å²) in [5.41, 5.74) is 0. The number of urea groups is 1. The van der Waals surface area contributed by atoms with Crippen LogP contribution in [0.4, 0.5) is 9.18 Å². The predicted molar refractivity (Wildman–Crippen MR) is 77.7 cm³/mol. The van der Waals surface area contributed by atoms with Crippen LogP contribution in [-0.4, -0.2) is 78.8 Å². The third kappa shape index (κ3) is 3.45. The molecule has 0 radical (unpaired) electrons. The van der Waals surface area contributed by atoms with E-state index >= 15 is 0 Å². The SMILES string of the molecule is O=C(N[C@H]1CCNC[C@H]1F)[C@@H]1CC[C@@H]2CN1C(=O)N2OS(=O)(=O)O. The number of carbonyl (C=O) groups is 2. The van der Waals surface area contributed by atoms with Gasteiger partial charge < -0.3 is 15.5 Å². The number of halogens is 1. The minimum absolute atomic E-state index is 0.109. The summed E-state index contributed by atoms with van der Waals surface area (Å²) in [7, 11) is -4.83. The van der Waals surface area contributed by atoms with Crippen LogP contribution in [-0.2, 0) is 19.5 Å². The van der Waals surface area contributed by atoms with E-state index in [1.165, 1.54) is 4.90 Å². The molecule has 0 unspecified atom stereocenters. The number of rotatable bonds is 4. The Morgan fingerprint density at radius 2 is 2.12 bits per heavy atom. The Bertz CT molecular complexity index is 631. The highest BCUT2D eigenvalue weighted by Gasteiger charge is 2.49. The van der Waals surface area contributed by atoms with Crippen LogP contribution in [0.3, 0.4) is 0 Å². The maximum absolute atomic E-state index is 13.8. The number of fused-ring (bicyclic) bond motifs is 2. The van der Waals surface area contributed by atoms with Crippen LogP contribution < -0.4 is 10.6 Å². The van der Waals surface area contributed by atoms with E-state index in [2.05, 4.69) is 14.9 Å². The molecule has 10 nitrogen and oxygen atoms in total. The van der Waals surface area contributed by atoms with Crippen molar-refractivity contribution in [2.24, 2.45) is 0 Å². The van der Waals surface area contributed by atoms with Crippen molar-refractivity contribution >= 4 is 22.3 Å². The van der Waals surface area contributed by atoms with Crippen LogP contribution in [0.15, 0.2) is 0 Å². The Kier molecular flexibility index (Phi) is 4.64. The summed E-state index contributed by atoms with van der Waals surface area (Å²) < 4.78 is 48.5. The Balaban J connectivity index is 1.66. The minimum atomic E-state index is -4.83. The summed E-state index contributed by atoms with van der Waals surface area (Å²) in [6, 6.07) is -2.79. The molecule has 12 heteroatoms. The van der Waals surface area contributed by atoms with Crippen molar-refractivity contribution in [3.05, 3.63) is 0 Å². The first-order chi connectivity index (χ1) is 11.3. The zero-order valence-corrected chi connectivity index (χ0v) is 13.5. The van der Waals surface area contributed by atoms with Crippen LogP contribution in [0.2, 0.25) is 0 Å². The number of piperidine rings is 2. The maximum atomic E-state index is 13.8. The van der Waals surface area contributed by atoms with Crippen molar-refractivity contribution in [3.8, 4) is 0 Å². The van der Waals surface area contributed by atoms with E-state index in [0.29, 0.717) is 30.9 Å². The molecule has 3 heterocycles. The molecule has 3 aliphatic heterocycles. The van der Waals surface area contributed by atoms with Gasteiger partial charge in [0.25, 0.3) is 0 Å². The first kappa shape index (κ1) is 17.3. The van der Waals surface area contributed by atoms with Gasteiger partial charge in [-0.1, -0.05) is 0 Å². The van der Waals surface area contributed by atoms with Gasteiger partial charge in [0.15, 0.2) is 0 Å². The summed E-state index contributed by atoms with van der Waals surface area (Å²) >= 11 is 0. The molecule has 3 rings (SSSR count). The normalized spacial score (nSPS) is 33.7. The van der Waals surface area contributed by atoms with E-state index in [0.717, 1.165) is 0 Å². The first-order valence-corrected chi connectivity index (χ1v) is 9.05. The van der Waals surface area contributed by atoms with Crippen LogP contribution in [0.25, 0.3) is 0 Å². The van der Waals surface area contributed by atoms with Gasteiger partial charge in [-0.2, -0.15) is 13.5 Å². The van der Waals surface area contributed by atoms with E-state index in [1.54, 1.807) is 0 Å². The van der Waals surface area contributed by atoms with Crippen LogP contribution in [0.1, 0.15) is 19.3 Å². The number of carbonyl (C=O) groups excluding carboxylic acids is 2. The summed E-state index contributed by atoms with van der Waals surface area (Å²) in [4.78, 5) is 25.8. The largest absolute Gasteiger partial charge is 0.418 e. The molecule has 3 N–H and O–H groups in total. The van der Waals surface area contributed by atoms with Crippen molar-refractivity contribution in [2.45, 2.75) is 43.6 Å². The molecule has 0 aromatic rings. The highest BCUT2D eigenvalue weighted by molar-refractivity contribution is 7.80. The van der Waals surface area contributed by atoms with Gasteiger partial charge in [0.05, 0.1) is 12.1 Å². The highest BCUT2D eigenvalue weighted by Crippen LogP contribution is 2.30. The van der Waals surface area contributed by atoms with Gasteiger partial charge in [-0.3, -0.25) is 9.35 Å². The number of hydrogen-bond donors (Lipinski definition) is 3. The van der Waals surface area contributed by atoms with Gasteiger partial charge in [-0.25, -0.2) is 9.18 Å². The molecule has 0 aliphatic carbocycles. The maximum Gasteiger partial charge on any atom is 0.418 e. The quantitative estimate of drug-likeness (QED) is 0.534. The van der Waals surface area contributed by atoms with Crippen molar-refractivity contribution in [3.63, 3.8) is 0 Å². The molecule has 0 spiro atoms. The molecule has 0 aromatic carbocycles. The van der Waals surface area contributed by atoms with E-state index in [4.69, 9.17) is 4.55 Å². The lowest BCUT2D eigenvalue weighted by Crippen LogP contribution is -2.56. The van der Waals surface area contributed by atoms with E-state index < -0.39 is 46.6 Å².